The number of benzene rings is 2. The Kier molecular flexibility index (Phi) is 2.77. The van der Waals surface area contributed by atoms with Gasteiger partial charge in [-0.15, -0.1) is 11.3 Å². The molecule has 0 fully saturated rings. The molecule has 0 aliphatic rings. The van der Waals surface area contributed by atoms with Crippen molar-refractivity contribution in [3.05, 3.63) is 59.5 Å². The van der Waals surface area contributed by atoms with Crippen LogP contribution in [0.4, 0.5) is 0 Å². The fraction of sp³-hybridized carbons (Fsp3) is 0.0588. The van der Waals surface area contributed by atoms with Gasteiger partial charge >= 0.3 is 0 Å². The summed E-state index contributed by atoms with van der Waals surface area (Å²) in [7, 11) is 0. The van der Waals surface area contributed by atoms with E-state index in [-0.39, 0.29) is 0 Å². The molecule has 0 unspecified atom stereocenters. The molecule has 0 atom stereocenters. The Balaban J connectivity index is 2.52. The zero-order valence-corrected chi connectivity index (χ0v) is 11.1. The van der Waals surface area contributed by atoms with Gasteiger partial charge in [-0.05, 0) is 29.8 Å². The highest BCUT2D eigenvalue weighted by atomic mass is 32.1. The van der Waals surface area contributed by atoms with Crippen molar-refractivity contribution in [1.29, 1.82) is 0 Å². The number of hydrogen-bond donors (Lipinski definition) is 0. The first-order valence-electron chi connectivity index (χ1n) is 6.04. The molecule has 2 aromatic carbocycles. The Morgan fingerprint density at radius 2 is 1.94 bits per heavy atom. The molecule has 0 bridgehead atoms. The second-order valence-corrected chi connectivity index (χ2v) is 5.33. The highest BCUT2D eigenvalue weighted by Crippen LogP contribution is 2.37. The van der Waals surface area contributed by atoms with E-state index < -0.39 is 0 Å². The number of allylic oxidation sites excluding steroid dienone is 1. The van der Waals surface area contributed by atoms with E-state index in [1.807, 2.05) is 17.4 Å². The van der Waals surface area contributed by atoms with Crippen LogP contribution in [0.5, 0.6) is 0 Å². The van der Waals surface area contributed by atoms with Crippen molar-refractivity contribution in [3.8, 4) is 0 Å². The molecule has 3 aromatic rings. The molecule has 0 saturated carbocycles. The van der Waals surface area contributed by atoms with Gasteiger partial charge in [0.25, 0.3) is 0 Å². The SMILES string of the molecule is C=Cc1c(/C=C\C)sc2ccc3ccccc3c12. The van der Waals surface area contributed by atoms with Gasteiger partial charge in [0.2, 0.25) is 0 Å². The number of rotatable bonds is 2. The lowest BCUT2D eigenvalue weighted by atomic mass is 10.0. The average molecular weight is 250 g/mol. The molecule has 0 aliphatic carbocycles. The van der Waals surface area contributed by atoms with E-state index in [9.17, 15) is 0 Å². The first kappa shape index (κ1) is 11.2. The second-order valence-electron chi connectivity index (χ2n) is 4.24. The minimum atomic E-state index is 1.25. The second kappa shape index (κ2) is 4.43. The lowest BCUT2D eigenvalue weighted by Crippen LogP contribution is -1.76. The van der Waals surface area contributed by atoms with Crippen LogP contribution in [0.25, 0.3) is 33.0 Å². The van der Waals surface area contributed by atoms with Crippen molar-refractivity contribution in [3.63, 3.8) is 0 Å². The van der Waals surface area contributed by atoms with Crippen molar-refractivity contribution >= 4 is 44.3 Å². The third-order valence-corrected chi connectivity index (χ3v) is 4.30. The summed E-state index contributed by atoms with van der Waals surface area (Å²) >= 11 is 1.83. The summed E-state index contributed by atoms with van der Waals surface area (Å²) in [5, 5.41) is 3.94. The zero-order chi connectivity index (χ0) is 12.5. The Morgan fingerprint density at radius 1 is 1.11 bits per heavy atom. The normalized spacial score (nSPS) is 11.6. The number of hydrogen-bond acceptors (Lipinski definition) is 1. The maximum atomic E-state index is 3.98. The van der Waals surface area contributed by atoms with E-state index >= 15 is 0 Å². The van der Waals surface area contributed by atoms with Crippen molar-refractivity contribution in [1.82, 2.24) is 0 Å². The smallest absolute Gasteiger partial charge is 0.0361 e. The Morgan fingerprint density at radius 3 is 2.72 bits per heavy atom. The average Bonchev–Trinajstić information content (AvgIpc) is 2.77. The Labute approximate surface area is 111 Å². The van der Waals surface area contributed by atoms with Crippen LogP contribution < -0.4 is 0 Å². The molecular weight excluding hydrogens is 236 g/mol. The van der Waals surface area contributed by atoms with Crippen LogP contribution >= 0.6 is 11.3 Å². The van der Waals surface area contributed by atoms with Crippen LogP contribution in [0, 0.1) is 0 Å². The maximum Gasteiger partial charge on any atom is 0.0361 e. The lowest BCUT2D eigenvalue weighted by molar-refractivity contribution is 1.77. The van der Waals surface area contributed by atoms with E-state index in [2.05, 4.69) is 62.1 Å². The van der Waals surface area contributed by atoms with Crippen molar-refractivity contribution in [2.45, 2.75) is 6.92 Å². The molecule has 0 aliphatic heterocycles. The minimum absolute atomic E-state index is 1.25. The predicted molar refractivity (Wildman–Crippen MR) is 84.1 cm³/mol. The van der Waals surface area contributed by atoms with Crippen molar-refractivity contribution < 1.29 is 0 Å². The van der Waals surface area contributed by atoms with Crippen LogP contribution in [0.15, 0.2) is 49.1 Å². The molecular formula is C17H14S. The molecule has 0 amide bonds. The lowest BCUT2D eigenvalue weighted by Gasteiger charge is -2.00. The minimum Gasteiger partial charge on any atom is -0.135 e. The van der Waals surface area contributed by atoms with Gasteiger partial charge in [0.1, 0.15) is 0 Å². The van der Waals surface area contributed by atoms with Crippen LogP contribution in [0.3, 0.4) is 0 Å². The third-order valence-electron chi connectivity index (χ3n) is 3.17. The van der Waals surface area contributed by atoms with E-state index in [4.69, 9.17) is 0 Å². The van der Waals surface area contributed by atoms with Crippen LogP contribution in [0.1, 0.15) is 17.4 Å². The standard InChI is InChI=1S/C17H14S/c1-3-7-15-13(4-2)17-14-9-6-5-8-12(14)10-11-16(17)18-15/h3-11H,2H2,1H3/b7-3-. The summed E-state index contributed by atoms with van der Waals surface area (Å²) in [6, 6.07) is 12.9. The molecule has 0 saturated heterocycles. The van der Waals surface area contributed by atoms with E-state index in [0.29, 0.717) is 0 Å². The summed E-state index contributed by atoms with van der Waals surface area (Å²) in [6.45, 7) is 6.03. The van der Waals surface area contributed by atoms with E-state index in [1.165, 1.54) is 31.3 Å². The van der Waals surface area contributed by atoms with Gasteiger partial charge in [0, 0.05) is 20.5 Å². The topological polar surface area (TPSA) is 0 Å². The molecule has 0 N–H and O–H groups in total. The summed E-state index contributed by atoms with van der Waals surface area (Å²) in [5.41, 5.74) is 1.25. The molecule has 3 rings (SSSR count). The zero-order valence-electron chi connectivity index (χ0n) is 10.3. The quantitative estimate of drug-likeness (QED) is 0.544. The van der Waals surface area contributed by atoms with Gasteiger partial charge in [-0.3, -0.25) is 0 Å². The summed E-state index contributed by atoms with van der Waals surface area (Å²) in [4.78, 5) is 1.29. The van der Waals surface area contributed by atoms with Crippen molar-refractivity contribution in [2.24, 2.45) is 0 Å². The monoisotopic (exact) mass is 250 g/mol. The van der Waals surface area contributed by atoms with Gasteiger partial charge < -0.3 is 0 Å². The fourth-order valence-electron chi connectivity index (χ4n) is 2.39. The highest BCUT2D eigenvalue weighted by Gasteiger charge is 2.10. The van der Waals surface area contributed by atoms with Gasteiger partial charge in [0.05, 0.1) is 0 Å². The van der Waals surface area contributed by atoms with Gasteiger partial charge in [0.15, 0.2) is 0 Å². The molecule has 18 heavy (non-hydrogen) atoms. The fourth-order valence-corrected chi connectivity index (χ4v) is 3.58. The first-order chi connectivity index (χ1) is 8.85. The molecule has 0 radical (unpaired) electrons. The van der Waals surface area contributed by atoms with E-state index in [0.717, 1.165) is 0 Å². The highest BCUT2D eigenvalue weighted by molar-refractivity contribution is 7.20. The summed E-state index contributed by atoms with van der Waals surface area (Å²) < 4.78 is 1.33. The molecule has 1 aromatic heterocycles. The summed E-state index contributed by atoms with van der Waals surface area (Å²) in [5.74, 6) is 0. The predicted octanol–water partition coefficient (Wildman–Crippen LogP) is 5.73. The maximum absolute atomic E-state index is 3.98. The van der Waals surface area contributed by atoms with Crippen LogP contribution in [-0.4, -0.2) is 0 Å². The molecule has 0 spiro atoms. The third kappa shape index (κ3) is 1.59. The molecule has 1 heterocycles. The largest absolute Gasteiger partial charge is 0.135 e. The molecule has 88 valence electrons. The van der Waals surface area contributed by atoms with Crippen LogP contribution in [-0.2, 0) is 0 Å². The van der Waals surface area contributed by atoms with E-state index in [1.54, 1.807) is 0 Å². The van der Waals surface area contributed by atoms with Crippen LogP contribution in [0.2, 0.25) is 0 Å². The Hall–Kier alpha value is -1.86. The van der Waals surface area contributed by atoms with Gasteiger partial charge in [-0.1, -0.05) is 49.1 Å². The first-order valence-corrected chi connectivity index (χ1v) is 6.86. The number of thiophene rings is 1. The van der Waals surface area contributed by atoms with Crippen molar-refractivity contribution in [2.75, 3.05) is 0 Å². The van der Waals surface area contributed by atoms with Gasteiger partial charge in [-0.2, -0.15) is 0 Å². The molecule has 1 heteroatoms. The number of fused-ring (bicyclic) bond motifs is 3. The van der Waals surface area contributed by atoms with Gasteiger partial charge in [-0.25, -0.2) is 0 Å². The molecule has 0 nitrogen and oxygen atoms in total. The summed E-state index contributed by atoms with van der Waals surface area (Å²) in [6.07, 6.45) is 6.22. The Bertz CT molecular complexity index is 760.